The summed E-state index contributed by atoms with van der Waals surface area (Å²) < 4.78 is 0. The molecule has 18 heavy (non-hydrogen) atoms. The first kappa shape index (κ1) is 13.7. The van der Waals surface area contributed by atoms with Crippen LogP contribution in [-0.2, 0) is 6.42 Å². The van der Waals surface area contributed by atoms with Crippen molar-refractivity contribution in [2.24, 2.45) is 0 Å². The van der Waals surface area contributed by atoms with Crippen LogP contribution >= 0.6 is 34.8 Å². The second kappa shape index (κ2) is 5.97. The van der Waals surface area contributed by atoms with Gasteiger partial charge in [-0.15, -0.1) is 0 Å². The lowest BCUT2D eigenvalue weighted by molar-refractivity contribution is 0.759. The van der Waals surface area contributed by atoms with Crippen molar-refractivity contribution >= 4 is 34.8 Å². The molecule has 0 radical (unpaired) electrons. The Morgan fingerprint density at radius 3 is 2.17 bits per heavy atom. The Kier molecular flexibility index (Phi) is 4.55. The normalized spacial score (nSPS) is 12.4. The number of rotatable bonds is 3. The highest BCUT2D eigenvalue weighted by molar-refractivity contribution is 6.42. The molecule has 0 aliphatic carbocycles. The molecule has 0 aromatic heterocycles. The lowest BCUT2D eigenvalue weighted by Crippen LogP contribution is -1.98. The predicted molar refractivity (Wildman–Crippen MR) is 80.0 cm³/mol. The summed E-state index contributed by atoms with van der Waals surface area (Å²) in [6, 6.07) is 13.7. The molecule has 3 heteroatoms. The number of benzene rings is 2. The molecule has 0 heterocycles. The smallest absolute Gasteiger partial charge is 0.0595 e. The van der Waals surface area contributed by atoms with Gasteiger partial charge in [-0.1, -0.05) is 59.9 Å². The van der Waals surface area contributed by atoms with Crippen molar-refractivity contribution in [1.82, 2.24) is 0 Å². The molecule has 2 rings (SSSR count). The van der Waals surface area contributed by atoms with Crippen LogP contribution in [-0.4, -0.2) is 0 Å². The van der Waals surface area contributed by atoms with E-state index in [-0.39, 0.29) is 0 Å². The minimum Gasteiger partial charge on any atom is -0.0843 e. The van der Waals surface area contributed by atoms with Crippen molar-refractivity contribution in [2.75, 3.05) is 0 Å². The first-order valence-electron chi connectivity index (χ1n) is 5.75. The quantitative estimate of drug-likeness (QED) is 0.652. The Bertz CT molecular complexity index is 532. The maximum Gasteiger partial charge on any atom is 0.0595 e. The third kappa shape index (κ3) is 3.41. The SMILES string of the molecule is CC(Cc1ccc(Cl)c(Cl)c1)c1ccc(Cl)cc1. The number of halogens is 3. The average Bonchev–Trinajstić information content (AvgIpc) is 2.34. The van der Waals surface area contributed by atoms with E-state index < -0.39 is 0 Å². The third-order valence-corrected chi connectivity index (χ3v) is 3.96. The van der Waals surface area contributed by atoms with Crippen LogP contribution in [0.4, 0.5) is 0 Å². The molecule has 0 saturated carbocycles. The summed E-state index contributed by atoms with van der Waals surface area (Å²) in [5.41, 5.74) is 2.46. The highest BCUT2D eigenvalue weighted by Crippen LogP contribution is 2.27. The molecule has 0 fully saturated rings. The van der Waals surface area contributed by atoms with Gasteiger partial charge in [-0.2, -0.15) is 0 Å². The molecule has 0 aliphatic rings. The summed E-state index contributed by atoms with van der Waals surface area (Å²) in [5.74, 6) is 0.416. The van der Waals surface area contributed by atoms with Crippen LogP contribution < -0.4 is 0 Å². The molecule has 1 unspecified atom stereocenters. The fraction of sp³-hybridized carbons (Fsp3) is 0.200. The van der Waals surface area contributed by atoms with Gasteiger partial charge in [0.15, 0.2) is 0 Å². The molecule has 1 atom stereocenters. The molecule has 0 aliphatic heterocycles. The zero-order chi connectivity index (χ0) is 13.1. The highest BCUT2D eigenvalue weighted by Gasteiger charge is 2.08. The van der Waals surface area contributed by atoms with E-state index in [0.29, 0.717) is 16.0 Å². The summed E-state index contributed by atoms with van der Waals surface area (Å²) in [7, 11) is 0. The van der Waals surface area contributed by atoms with E-state index in [1.807, 2.05) is 30.3 Å². The van der Waals surface area contributed by atoms with Crippen LogP contribution in [0.5, 0.6) is 0 Å². The maximum absolute atomic E-state index is 6.01. The molecular formula is C15H13Cl3. The van der Waals surface area contributed by atoms with E-state index in [2.05, 4.69) is 19.1 Å². The molecule has 0 bridgehead atoms. The van der Waals surface area contributed by atoms with Crippen molar-refractivity contribution < 1.29 is 0 Å². The van der Waals surface area contributed by atoms with E-state index in [1.54, 1.807) is 0 Å². The second-order valence-corrected chi connectivity index (χ2v) is 5.66. The van der Waals surface area contributed by atoms with Gasteiger partial charge in [-0.3, -0.25) is 0 Å². The molecule has 2 aromatic rings. The number of hydrogen-bond acceptors (Lipinski definition) is 0. The van der Waals surface area contributed by atoms with E-state index >= 15 is 0 Å². The third-order valence-electron chi connectivity index (χ3n) is 2.96. The van der Waals surface area contributed by atoms with Crippen LogP contribution in [0.25, 0.3) is 0 Å². The van der Waals surface area contributed by atoms with E-state index in [0.717, 1.165) is 11.4 Å². The summed E-state index contributed by atoms with van der Waals surface area (Å²) in [6.45, 7) is 2.19. The van der Waals surface area contributed by atoms with Crippen molar-refractivity contribution in [3.8, 4) is 0 Å². The topological polar surface area (TPSA) is 0 Å². The molecule has 0 nitrogen and oxygen atoms in total. The maximum atomic E-state index is 6.01. The average molecular weight is 300 g/mol. The molecule has 0 saturated heterocycles. The van der Waals surface area contributed by atoms with Crippen LogP contribution in [0.15, 0.2) is 42.5 Å². The minimum absolute atomic E-state index is 0.416. The van der Waals surface area contributed by atoms with Gasteiger partial charge in [-0.05, 0) is 47.7 Å². The van der Waals surface area contributed by atoms with Crippen molar-refractivity contribution in [2.45, 2.75) is 19.3 Å². The monoisotopic (exact) mass is 298 g/mol. The van der Waals surface area contributed by atoms with E-state index in [9.17, 15) is 0 Å². The zero-order valence-electron chi connectivity index (χ0n) is 9.96. The molecule has 94 valence electrons. The molecule has 0 amide bonds. The molecule has 0 N–H and O–H groups in total. The van der Waals surface area contributed by atoms with Gasteiger partial charge >= 0.3 is 0 Å². The van der Waals surface area contributed by atoms with Crippen molar-refractivity contribution in [3.05, 3.63) is 68.7 Å². The lowest BCUT2D eigenvalue weighted by atomic mass is 9.94. The summed E-state index contributed by atoms with van der Waals surface area (Å²) in [4.78, 5) is 0. The van der Waals surface area contributed by atoms with Crippen molar-refractivity contribution in [3.63, 3.8) is 0 Å². The van der Waals surface area contributed by atoms with Crippen LogP contribution in [0, 0.1) is 0 Å². The number of hydrogen-bond donors (Lipinski definition) is 0. The molecular weight excluding hydrogens is 287 g/mol. The van der Waals surface area contributed by atoms with E-state index in [1.165, 1.54) is 11.1 Å². The minimum atomic E-state index is 0.416. The van der Waals surface area contributed by atoms with Gasteiger partial charge in [0.25, 0.3) is 0 Å². The van der Waals surface area contributed by atoms with Gasteiger partial charge < -0.3 is 0 Å². The highest BCUT2D eigenvalue weighted by atomic mass is 35.5. The van der Waals surface area contributed by atoms with Gasteiger partial charge in [0, 0.05) is 5.02 Å². The summed E-state index contributed by atoms with van der Waals surface area (Å²) >= 11 is 17.8. The van der Waals surface area contributed by atoms with Gasteiger partial charge in [-0.25, -0.2) is 0 Å². The van der Waals surface area contributed by atoms with Crippen LogP contribution in [0.2, 0.25) is 15.1 Å². The zero-order valence-corrected chi connectivity index (χ0v) is 12.2. The molecule has 2 aromatic carbocycles. The predicted octanol–water partition coefficient (Wildman–Crippen LogP) is 5.99. The first-order chi connectivity index (χ1) is 8.56. The second-order valence-electron chi connectivity index (χ2n) is 4.41. The standard InChI is InChI=1S/C15H13Cl3/c1-10(12-3-5-13(16)6-4-12)8-11-2-7-14(17)15(18)9-11/h2-7,9-10H,8H2,1H3. The first-order valence-corrected chi connectivity index (χ1v) is 6.89. The Morgan fingerprint density at radius 1 is 0.889 bits per heavy atom. The Morgan fingerprint density at radius 2 is 1.56 bits per heavy atom. The summed E-state index contributed by atoms with van der Waals surface area (Å²) in [6.07, 6.45) is 0.929. The van der Waals surface area contributed by atoms with Crippen LogP contribution in [0.1, 0.15) is 24.0 Å². The Balaban J connectivity index is 2.13. The van der Waals surface area contributed by atoms with Crippen molar-refractivity contribution in [1.29, 1.82) is 0 Å². The Hall–Kier alpha value is -0.690. The molecule has 0 spiro atoms. The van der Waals surface area contributed by atoms with E-state index in [4.69, 9.17) is 34.8 Å². The van der Waals surface area contributed by atoms with Crippen LogP contribution in [0.3, 0.4) is 0 Å². The fourth-order valence-electron chi connectivity index (χ4n) is 1.93. The van der Waals surface area contributed by atoms with Gasteiger partial charge in [0.2, 0.25) is 0 Å². The Labute approximate surface area is 122 Å². The lowest BCUT2D eigenvalue weighted by Gasteiger charge is -2.12. The largest absolute Gasteiger partial charge is 0.0843 e. The van der Waals surface area contributed by atoms with Gasteiger partial charge in [0.05, 0.1) is 10.0 Å². The van der Waals surface area contributed by atoms with Gasteiger partial charge in [0.1, 0.15) is 0 Å². The fourth-order valence-corrected chi connectivity index (χ4v) is 2.38. The summed E-state index contributed by atoms with van der Waals surface area (Å²) in [5, 5.41) is 1.97.